The maximum atomic E-state index is 5.71. The summed E-state index contributed by atoms with van der Waals surface area (Å²) in [5, 5.41) is 2.01. The van der Waals surface area contributed by atoms with E-state index in [2.05, 4.69) is 25.8 Å². The zero-order chi connectivity index (χ0) is 9.19. The van der Waals surface area contributed by atoms with Crippen LogP contribution in [-0.4, -0.2) is 9.73 Å². The maximum absolute atomic E-state index is 5.71. The molecule has 1 nitrogen and oxygen atoms in total. The number of aromatic nitrogens is 1. The van der Waals surface area contributed by atoms with Crippen LogP contribution < -0.4 is 0 Å². The fourth-order valence-electron chi connectivity index (χ4n) is 0.639. The molecular weight excluding hydrogens is 210 g/mol. The van der Waals surface area contributed by atoms with E-state index in [0.29, 0.717) is 9.21 Å². The van der Waals surface area contributed by atoms with Gasteiger partial charge in [0.1, 0.15) is 0 Å². The number of rotatable bonds is 2. The van der Waals surface area contributed by atoms with Crippen molar-refractivity contribution < 1.29 is 0 Å². The van der Waals surface area contributed by atoms with Gasteiger partial charge in [0.05, 0.1) is 5.69 Å². The number of halogens is 1. The van der Waals surface area contributed by atoms with Crippen LogP contribution in [0.3, 0.4) is 0 Å². The number of nitrogens with zero attached hydrogens (tertiary/aromatic N) is 1. The first kappa shape index (κ1) is 10.4. The van der Waals surface area contributed by atoms with Gasteiger partial charge in [-0.3, -0.25) is 0 Å². The molecule has 0 fully saturated rings. The standard InChI is InChI=1S/C8H12ClNS2/c1-8(2,3)12-5-6-4-11-7(9)10-6/h4H,5H2,1-3H3. The zero-order valence-electron chi connectivity index (χ0n) is 7.43. The first-order valence-electron chi connectivity index (χ1n) is 3.71. The van der Waals surface area contributed by atoms with E-state index < -0.39 is 0 Å². The number of thioether (sulfide) groups is 1. The third-order valence-corrected chi connectivity index (χ3v) is 3.51. The molecule has 0 amide bonds. The molecule has 1 heterocycles. The van der Waals surface area contributed by atoms with Crippen molar-refractivity contribution in [1.29, 1.82) is 0 Å². The molecule has 0 radical (unpaired) electrons. The average Bonchev–Trinajstić information content (AvgIpc) is 2.30. The van der Waals surface area contributed by atoms with Crippen LogP contribution in [0.1, 0.15) is 26.5 Å². The van der Waals surface area contributed by atoms with Gasteiger partial charge in [-0.1, -0.05) is 32.4 Å². The van der Waals surface area contributed by atoms with E-state index in [-0.39, 0.29) is 0 Å². The lowest BCUT2D eigenvalue weighted by atomic mass is 10.3. The second-order valence-corrected chi connectivity index (χ2v) is 6.74. The fourth-order valence-corrected chi connectivity index (χ4v) is 2.25. The average molecular weight is 222 g/mol. The Labute approximate surface area is 86.5 Å². The molecule has 0 aliphatic heterocycles. The van der Waals surface area contributed by atoms with Gasteiger partial charge in [0.25, 0.3) is 0 Å². The quantitative estimate of drug-likeness (QED) is 0.753. The molecule has 1 aromatic heterocycles. The van der Waals surface area contributed by atoms with Crippen molar-refractivity contribution >= 4 is 34.7 Å². The van der Waals surface area contributed by atoms with E-state index in [9.17, 15) is 0 Å². The molecule has 0 atom stereocenters. The Kier molecular flexibility index (Phi) is 3.44. The highest BCUT2D eigenvalue weighted by Crippen LogP contribution is 2.28. The van der Waals surface area contributed by atoms with Gasteiger partial charge in [-0.25, -0.2) is 4.98 Å². The van der Waals surface area contributed by atoms with Gasteiger partial charge in [0, 0.05) is 15.9 Å². The van der Waals surface area contributed by atoms with Gasteiger partial charge in [-0.15, -0.1) is 23.1 Å². The molecule has 0 saturated carbocycles. The molecule has 0 saturated heterocycles. The molecule has 0 spiro atoms. The van der Waals surface area contributed by atoms with Crippen molar-refractivity contribution in [3.63, 3.8) is 0 Å². The molecule has 0 aliphatic rings. The lowest BCUT2D eigenvalue weighted by Gasteiger charge is -2.16. The van der Waals surface area contributed by atoms with Gasteiger partial charge in [0.15, 0.2) is 4.47 Å². The summed E-state index contributed by atoms with van der Waals surface area (Å²) in [6, 6.07) is 0. The van der Waals surface area contributed by atoms with Gasteiger partial charge < -0.3 is 0 Å². The van der Waals surface area contributed by atoms with Crippen LogP contribution in [0, 0.1) is 0 Å². The van der Waals surface area contributed by atoms with Crippen LogP contribution in [-0.2, 0) is 5.75 Å². The van der Waals surface area contributed by atoms with Crippen molar-refractivity contribution in [1.82, 2.24) is 4.98 Å². The van der Waals surface area contributed by atoms with Crippen LogP contribution in [0.15, 0.2) is 5.38 Å². The van der Waals surface area contributed by atoms with E-state index in [1.165, 1.54) is 11.3 Å². The van der Waals surface area contributed by atoms with Gasteiger partial charge in [-0.05, 0) is 0 Å². The fraction of sp³-hybridized carbons (Fsp3) is 0.625. The number of hydrogen-bond donors (Lipinski definition) is 0. The van der Waals surface area contributed by atoms with E-state index in [0.717, 1.165) is 11.4 Å². The summed E-state index contributed by atoms with van der Waals surface area (Å²) in [5.41, 5.74) is 1.09. The molecular formula is C8H12ClNS2. The van der Waals surface area contributed by atoms with Crippen molar-refractivity contribution in [2.45, 2.75) is 31.3 Å². The molecule has 1 rings (SSSR count). The summed E-state index contributed by atoms with van der Waals surface area (Å²) in [4.78, 5) is 4.18. The van der Waals surface area contributed by atoms with Crippen LogP contribution in [0.4, 0.5) is 0 Å². The predicted octanol–water partition coefficient (Wildman–Crippen LogP) is 3.83. The summed E-state index contributed by atoms with van der Waals surface area (Å²) >= 11 is 9.09. The molecule has 0 bridgehead atoms. The highest BCUT2D eigenvalue weighted by molar-refractivity contribution is 7.99. The van der Waals surface area contributed by atoms with Gasteiger partial charge in [0.2, 0.25) is 0 Å². The Morgan fingerprint density at radius 3 is 2.67 bits per heavy atom. The third-order valence-electron chi connectivity index (χ3n) is 1.18. The first-order valence-corrected chi connectivity index (χ1v) is 5.95. The minimum Gasteiger partial charge on any atom is -0.229 e. The van der Waals surface area contributed by atoms with E-state index in [4.69, 9.17) is 11.6 Å². The minimum absolute atomic E-state index is 0.302. The van der Waals surface area contributed by atoms with Crippen molar-refractivity contribution in [2.75, 3.05) is 0 Å². The largest absolute Gasteiger partial charge is 0.229 e. The summed E-state index contributed by atoms with van der Waals surface area (Å²) in [5.74, 6) is 0.951. The topological polar surface area (TPSA) is 12.9 Å². The summed E-state index contributed by atoms with van der Waals surface area (Å²) < 4.78 is 0.940. The summed E-state index contributed by atoms with van der Waals surface area (Å²) in [6.45, 7) is 6.60. The number of hydrogen-bond acceptors (Lipinski definition) is 3. The van der Waals surface area contributed by atoms with E-state index in [1.54, 1.807) is 0 Å². The highest BCUT2D eigenvalue weighted by atomic mass is 35.5. The second-order valence-electron chi connectivity index (χ2n) is 3.49. The summed E-state index contributed by atoms with van der Waals surface area (Å²) in [6.07, 6.45) is 0. The highest BCUT2D eigenvalue weighted by Gasteiger charge is 2.11. The maximum Gasteiger partial charge on any atom is 0.183 e. The van der Waals surface area contributed by atoms with E-state index >= 15 is 0 Å². The Morgan fingerprint density at radius 1 is 1.58 bits per heavy atom. The van der Waals surface area contributed by atoms with Crippen LogP contribution in [0.5, 0.6) is 0 Å². The molecule has 0 unspecified atom stereocenters. The van der Waals surface area contributed by atoms with Crippen molar-refractivity contribution in [3.05, 3.63) is 15.5 Å². The summed E-state index contributed by atoms with van der Waals surface area (Å²) in [7, 11) is 0. The SMILES string of the molecule is CC(C)(C)SCc1csc(Cl)n1. The zero-order valence-corrected chi connectivity index (χ0v) is 9.82. The van der Waals surface area contributed by atoms with E-state index in [1.807, 2.05) is 17.1 Å². The Hall–Kier alpha value is 0.270. The second kappa shape index (κ2) is 3.99. The van der Waals surface area contributed by atoms with Crippen LogP contribution in [0.25, 0.3) is 0 Å². The molecule has 0 aromatic carbocycles. The minimum atomic E-state index is 0.302. The molecule has 1 aromatic rings. The van der Waals surface area contributed by atoms with Crippen molar-refractivity contribution in [3.8, 4) is 0 Å². The monoisotopic (exact) mass is 221 g/mol. The molecule has 0 aliphatic carbocycles. The van der Waals surface area contributed by atoms with Gasteiger partial charge >= 0.3 is 0 Å². The van der Waals surface area contributed by atoms with Gasteiger partial charge in [-0.2, -0.15) is 0 Å². The smallest absolute Gasteiger partial charge is 0.183 e. The first-order chi connectivity index (χ1) is 5.47. The van der Waals surface area contributed by atoms with Crippen LogP contribution in [0.2, 0.25) is 4.47 Å². The number of thiazole rings is 1. The third kappa shape index (κ3) is 3.78. The lowest BCUT2D eigenvalue weighted by molar-refractivity contribution is 0.801. The molecule has 12 heavy (non-hydrogen) atoms. The Morgan fingerprint density at radius 2 is 2.25 bits per heavy atom. The molecule has 4 heteroatoms. The molecule has 0 N–H and O–H groups in total. The van der Waals surface area contributed by atoms with Crippen molar-refractivity contribution in [2.24, 2.45) is 0 Å². The lowest BCUT2D eigenvalue weighted by Crippen LogP contribution is -2.07. The normalized spacial score (nSPS) is 12.0. The molecule has 68 valence electrons. The Balaban J connectivity index is 2.44. The predicted molar refractivity (Wildman–Crippen MR) is 58.2 cm³/mol. The Bertz CT molecular complexity index is 252. The van der Waals surface area contributed by atoms with Crippen LogP contribution >= 0.6 is 34.7 Å².